The zero-order valence-electron chi connectivity index (χ0n) is 13.3. The predicted octanol–water partition coefficient (Wildman–Crippen LogP) is 2.87. The van der Waals surface area contributed by atoms with Gasteiger partial charge in [0.25, 0.3) is 5.91 Å². The summed E-state index contributed by atoms with van der Waals surface area (Å²) in [6.07, 6.45) is 1.76. The minimum atomic E-state index is -0.272. The van der Waals surface area contributed by atoms with Gasteiger partial charge in [0.1, 0.15) is 0 Å². The Labute approximate surface area is 134 Å². The van der Waals surface area contributed by atoms with Crippen LogP contribution in [0.4, 0.5) is 0 Å². The van der Waals surface area contributed by atoms with Crippen molar-refractivity contribution < 1.29 is 9.32 Å². The van der Waals surface area contributed by atoms with Crippen LogP contribution in [0.3, 0.4) is 0 Å². The second-order valence-electron chi connectivity index (χ2n) is 5.45. The molecule has 0 saturated carbocycles. The molecule has 0 spiro atoms. The highest BCUT2D eigenvalue weighted by molar-refractivity contribution is 5.93. The molecule has 1 aromatic carbocycles. The number of carbonyl (C=O) groups is 1. The lowest BCUT2D eigenvalue weighted by Gasteiger charge is -2.12. The van der Waals surface area contributed by atoms with E-state index in [2.05, 4.69) is 15.6 Å². The summed E-state index contributed by atoms with van der Waals surface area (Å²) in [4.78, 5) is 12.3. The van der Waals surface area contributed by atoms with Gasteiger partial charge in [-0.3, -0.25) is 9.48 Å². The van der Waals surface area contributed by atoms with Crippen molar-refractivity contribution >= 4 is 5.91 Å². The molecule has 0 unspecified atom stereocenters. The van der Waals surface area contributed by atoms with Crippen LogP contribution >= 0.6 is 0 Å². The number of amides is 1. The van der Waals surface area contributed by atoms with Crippen LogP contribution in [-0.2, 0) is 7.05 Å². The van der Waals surface area contributed by atoms with E-state index in [1.54, 1.807) is 16.9 Å². The summed E-state index contributed by atoms with van der Waals surface area (Å²) in [5.74, 6) is 0.299. The maximum Gasteiger partial charge on any atom is 0.273 e. The van der Waals surface area contributed by atoms with Gasteiger partial charge in [-0.05, 0) is 13.8 Å². The minimum Gasteiger partial charge on any atom is -0.355 e. The first-order valence-electron chi connectivity index (χ1n) is 7.37. The van der Waals surface area contributed by atoms with E-state index >= 15 is 0 Å². The first-order chi connectivity index (χ1) is 11.1. The van der Waals surface area contributed by atoms with Gasteiger partial charge in [0.05, 0.1) is 12.2 Å². The molecule has 2 aromatic heterocycles. The van der Waals surface area contributed by atoms with Crippen LogP contribution in [0, 0.1) is 6.92 Å². The van der Waals surface area contributed by atoms with Crippen molar-refractivity contribution in [3.63, 3.8) is 0 Å². The summed E-state index contributed by atoms with van der Waals surface area (Å²) < 4.78 is 7.04. The van der Waals surface area contributed by atoms with Crippen molar-refractivity contribution in [2.75, 3.05) is 0 Å². The number of nitrogens with zero attached hydrogens (tertiary/aromatic N) is 3. The van der Waals surface area contributed by atoms with Crippen molar-refractivity contribution in [2.24, 2.45) is 7.05 Å². The van der Waals surface area contributed by atoms with Crippen LogP contribution in [0.1, 0.15) is 34.7 Å². The molecular formula is C17H18N4O2. The largest absolute Gasteiger partial charge is 0.355 e. The summed E-state index contributed by atoms with van der Waals surface area (Å²) >= 11 is 0. The van der Waals surface area contributed by atoms with Crippen LogP contribution in [0.2, 0.25) is 0 Å². The SMILES string of the molecule is Cc1c([C@H](C)NC(=O)c2cc(-c3ccccc3)on2)cnn1C. The zero-order chi connectivity index (χ0) is 16.4. The molecular weight excluding hydrogens is 292 g/mol. The molecule has 1 atom stereocenters. The fraction of sp³-hybridized carbons (Fsp3) is 0.235. The van der Waals surface area contributed by atoms with Crippen molar-refractivity contribution in [1.29, 1.82) is 0 Å². The van der Waals surface area contributed by atoms with E-state index in [9.17, 15) is 4.79 Å². The Kier molecular flexibility index (Phi) is 3.97. The van der Waals surface area contributed by atoms with E-state index in [4.69, 9.17) is 4.52 Å². The highest BCUT2D eigenvalue weighted by Crippen LogP contribution is 2.21. The maximum atomic E-state index is 12.3. The van der Waals surface area contributed by atoms with E-state index in [1.807, 2.05) is 51.2 Å². The van der Waals surface area contributed by atoms with E-state index in [0.29, 0.717) is 5.76 Å². The molecule has 6 nitrogen and oxygen atoms in total. The van der Waals surface area contributed by atoms with E-state index in [1.165, 1.54) is 0 Å². The highest BCUT2D eigenvalue weighted by Gasteiger charge is 2.18. The summed E-state index contributed by atoms with van der Waals surface area (Å²) in [5.41, 5.74) is 3.14. The van der Waals surface area contributed by atoms with E-state index in [0.717, 1.165) is 16.8 Å². The van der Waals surface area contributed by atoms with Gasteiger partial charge in [-0.2, -0.15) is 5.10 Å². The van der Waals surface area contributed by atoms with Crippen molar-refractivity contribution in [2.45, 2.75) is 19.9 Å². The highest BCUT2D eigenvalue weighted by atomic mass is 16.5. The van der Waals surface area contributed by atoms with Crippen molar-refractivity contribution in [1.82, 2.24) is 20.3 Å². The average Bonchev–Trinajstić information content (AvgIpc) is 3.16. The van der Waals surface area contributed by atoms with Gasteiger partial charge in [-0.25, -0.2) is 0 Å². The second-order valence-corrected chi connectivity index (χ2v) is 5.45. The molecule has 0 aliphatic heterocycles. The van der Waals surface area contributed by atoms with Crippen LogP contribution in [0.15, 0.2) is 47.1 Å². The van der Waals surface area contributed by atoms with E-state index < -0.39 is 0 Å². The Bertz CT molecular complexity index is 820. The quantitative estimate of drug-likeness (QED) is 0.804. The average molecular weight is 310 g/mol. The number of aromatic nitrogens is 3. The number of aryl methyl sites for hydroxylation is 1. The van der Waals surface area contributed by atoms with Gasteiger partial charge in [-0.15, -0.1) is 0 Å². The van der Waals surface area contributed by atoms with Crippen molar-refractivity contribution in [3.05, 3.63) is 59.5 Å². The van der Waals surface area contributed by atoms with E-state index in [-0.39, 0.29) is 17.6 Å². The Hall–Kier alpha value is -2.89. The normalized spacial score (nSPS) is 12.1. The fourth-order valence-corrected chi connectivity index (χ4v) is 2.41. The van der Waals surface area contributed by atoms with Crippen LogP contribution < -0.4 is 5.32 Å². The first-order valence-corrected chi connectivity index (χ1v) is 7.37. The smallest absolute Gasteiger partial charge is 0.273 e. The van der Waals surface area contributed by atoms with Crippen molar-refractivity contribution in [3.8, 4) is 11.3 Å². The summed E-state index contributed by atoms with van der Waals surface area (Å²) in [6, 6.07) is 11.0. The molecule has 3 rings (SSSR count). The molecule has 1 N–H and O–H groups in total. The van der Waals surface area contributed by atoms with Gasteiger partial charge in [0.2, 0.25) is 0 Å². The molecule has 118 valence electrons. The maximum absolute atomic E-state index is 12.3. The lowest BCUT2D eigenvalue weighted by Crippen LogP contribution is -2.27. The van der Waals surface area contributed by atoms with Crippen LogP contribution in [-0.4, -0.2) is 20.8 Å². The molecule has 3 aromatic rings. The van der Waals surface area contributed by atoms with Gasteiger partial charge < -0.3 is 9.84 Å². The van der Waals surface area contributed by atoms with Crippen LogP contribution in [0.25, 0.3) is 11.3 Å². The minimum absolute atomic E-state index is 0.159. The monoisotopic (exact) mass is 310 g/mol. The molecule has 2 heterocycles. The Morgan fingerprint density at radius 3 is 2.70 bits per heavy atom. The number of benzene rings is 1. The third-order valence-electron chi connectivity index (χ3n) is 3.89. The fourth-order valence-electron chi connectivity index (χ4n) is 2.41. The molecule has 0 fully saturated rings. The molecule has 0 radical (unpaired) electrons. The summed E-state index contributed by atoms with van der Waals surface area (Å²) in [7, 11) is 1.87. The number of hydrogen-bond donors (Lipinski definition) is 1. The molecule has 0 aliphatic carbocycles. The molecule has 0 saturated heterocycles. The number of carbonyl (C=O) groups excluding carboxylic acids is 1. The third kappa shape index (κ3) is 3.01. The molecule has 1 amide bonds. The standard InChI is InChI=1S/C17H18N4O2/c1-11(14-10-18-21(3)12(14)2)19-17(22)15-9-16(23-20-15)13-7-5-4-6-8-13/h4-11H,1-3H3,(H,19,22)/t11-/m0/s1. The number of nitrogens with one attached hydrogen (secondary N) is 1. The molecule has 0 bridgehead atoms. The molecule has 6 heteroatoms. The predicted molar refractivity (Wildman–Crippen MR) is 85.8 cm³/mol. The Morgan fingerprint density at radius 2 is 2.04 bits per heavy atom. The summed E-state index contributed by atoms with van der Waals surface area (Å²) in [5, 5.41) is 11.0. The molecule has 23 heavy (non-hydrogen) atoms. The van der Waals surface area contributed by atoms with Gasteiger partial charge in [0.15, 0.2) is 11.5 Å². The van der Waals surface area contributed by atoms with Gasteiger partial charge >= 0.3 is 0 Å². The summed E-state index contributed by atoms with van der Waals surface area (Å²) in [6.45, 7) is 3.88. The second kappa shape index (κ2) is 6.08. The zero-order valence-corrected chi connectivity index (χ0v) is 13.3. The lowest BCUT2D eigenvalue weighted by molar-refractivity contribution is 0.0930. The van der Waals surface area contributed by atoms with Gasteiger partial charge in [-0.1, -0.05) is 35.5 Å². The van der Waals surface area contributed by atoms with Gasteiger partial charge in [0, 0.05) is 29.9 Å². The first kappa shape index (κ1) is 15.0. The lowest BCUT2D eigenvalue weighted by atomic mass is 10.1. The molecule has 0 aliphatic rings. The van der Waals surface area contributed by atoms with Crippen LogP contribution in [0.5, 0.6) is 0 Å². The topological polar surface area (TPSA) is 73.0 Å². The Morgan fingerprint density at radius 1 is 1.30 bits per heavy atom. The number of rotatable bonds is 4. The third-order valence-corrected chi connectivity index (χ3v) is 3.89. The number of hydrogen-bond acceptors (Lipinski definition) is 4. The Balaban J connectivity index is 1.74.